The van der Waals surface area contributed by atoms with Crippen molar-refractivity contribution in [2.75, 3.05) is 16.2 Å². The van der Waals surface area contributed by atoms with Crippen LogP contribution in [0.15, 0.2) is 47.4 Å². The highest BCUT2D eigenvalue weighted by atomic mass is 35.5. The Morgan fingerprint density at radius 2 is 1.79 bits per heavy atom. The number of carbonyl (C=O) groups is 1. The summed E-state index contributed by atoms with van der Waals surface area (Å²) in [5.41, 5.74) is 1.92. The van der Waals surface area contributed by atoms with E-state index in [0.717, 1.165) is 5.56 Å². The molecule has 0 aliphatic carbocycles. The van der Waals surface area contributed by atoms with Crippen molar-refractivity contribution in [2.45, 2.75) is 25.7 Å². The van der Waals surface area contributed by atoms with Crippen molar-refractivity contribution in [3.8, 4) is 0 Å². The summed E-state index contributed by atoms with van der Waals surface area (Å²) in [6.45, 7) is 5.27. The SMILES string of the molecule is CCN(c1cc(Cl)ccc1C)S(=O)(=O)c1ccc(NC(C)=O)cc1. The molecule has 0 saturated carbocycles. The molecule has 0 aromatic heterocycles. The van der Waals surface area contributed by atoms with Crippen LogP contribution < -0.4 is 9.62 Å². The molecule has 0 heterocycles. The van der Waals surface area contributed by atoms with Crippen LogP contribution >= 0.6 is 11.6 Å². The van der Waals surface area contributed by atoms with Crippen LogP contribution in [0.3, 0.4) is 0 Å². The fourth-order valence-electron chi connectivity index (χ4n) is 2.36. The molecular formula is C17H19ClN2O3S. The lowest BCUT2D eigenvalue weighted by Gasteiger charge is -2.25. The highest BCUT2D eigenvalue weighted by molar-refractivity contribution is 7.92. The van der Waals surface area contributed by atoms with E-state index >= 15 is 0 Å². The van der Waals surface area contributed by atoms with Crippen LogP contribution in [0, 0.1) is 6.92 Å². The van der Waals surface area contributed by atoms with E-state index in [2.05, 4.69) is 5.32 Å². The zero-order valence-corrected chi connectivity index (χ0v) is 15.3. The minimum Gasteiger partial charge on any atom is -0.326 e. The molecule has 0 spiro atoms. The molecule has 5 nitrogen and oxygen atoms in total. The number of aryl methyl sites for hydroxylation is 1. The van der Waals surface area contributed by atoms with Gasteiger partial charge in [0.15, 0.2) is 0 Å². The number of sulfonamides is 1. The summed E-state index contributed by atoms with van der Waals surface area (Å²) < 4.78 is 27.2. The molecule has 2 rings (SSSR count). The summed E-state index contributed by atoms with van der Waals surface area (Å²) in [5.74, 6) is -0.213. The fourth-order valence-corrected chi connectivity index (χ4v) is 4.06. The molecule has 0 unspecified atom stereocenters. The summed E-state index contributed by atoms with van der Waals surface area (Å²) in [4.78, 5) is 11.2. The van der Waals surface area contributed by atoms with Crippen molar-refractivity contribution >= 4 is 38.9 Å². The van der Waals surface area contributed by atoms with Crippen LogP contribution in [-0.2, 0) is 14.8 Å². The smallest absolute Gasteiger partial charge is 0.264 e. The first-order valence-corrected chi connectivity index (χ1v) is 9.24. The predicted molar refractivity (Wildman–Crippen MR) is 97.1 cm³/mol. The van der Waals surface area contributed by atoms with E-state index in [1.165, 1.54) is 23.4 Å². The lowest BCUT2D eigenvalue weighted by molar-refractivity contribution is -0.114. The third-order valence-corrected chi connectivity index (χ3v) is 5.63. The van der Waals surface area contributed by atoms with Gasteiger partial charge in [-0.1, -0.05) is 17.7 Å². The summed E-state index contributed by atoms with van der Waals surface area (Å²) in [7, 11) is -3.73. The number of carbonyl (C=O) groups excluding carboxylic acids is 1. The van der Waals surface area contributed by atoms with Crippen LogP contribution in [0.25, 0.3) is 0 Å². The monoisotopic (exact) mass is 366 g/mol. The molecule has 7 heteroatoms. The van der Waals surface area contributed by atoms with E-state index in [1.807, 2.05) is 6.92 Å². The zero-order chi connectivity index (χ0) is 17.9. The van der Waals surface area contributed by atoms with Gasteiger partial charge in [-0.15, -0.1) is 0 Å². The van der Waals surface area contributed by atoms with Gasteiger partial charge in [0.25, 0.3) is 10.0 Å². The maximum absolute atomic E-state index is 13.0. The van der Waals surface area contributed by atoms with E-state index in [4.69, 9.17) is 11.6 Å². The van der Waals surface area contributed by atoms with Crippen molar-refractivity contribution in [1.29, 1.82) is 0 Å². The molecule has 1 amide bonds. The van der Waals surface area contributed by atoms with Crippen molar-refractivity contribution in [1.82, 2.24) is 0 Å². The first-order valence-electron chi connectivity index (χ1n) is 7.42. The number of nitrogens with zero attached hydrogens (tertiary/aromatic N) is 1. The topological polar surface area (TPSA) is 66.5 Å². The Labute approximate surface area is 147 Å². The van der Waals surface area contributed by atoms with Gasteiger partial charge < -0.3 is 5.32 Å². The van der Waals surface area contributed by atoms with Gasteiger partial charge in [-0.3, -0.25) is 9.10 Å². The maximum Gasteiger partial charge on any atom is 0.264 e. The molecule has 0 saturated heterocycles. The minimum absolute atomic E-state index is 0.151. The molecule has 0 fully saturated rings. The van der Waals surface area contributed by atoms with Gasteiger partial charge in [0.05, 0.1) is 10.6 Å². The second-order valence-corrected chi connectivity index (χ2v) is 7.60. The van der Waals surface area contributed by atoms with E-state index in [0.29, 0.717) is 16.4 Å². The Balaban J connectivity index is 2.43. The molecular weight excluding hydrogens is 348 g/mol. The zero-order valence-electron chi connectivity index (χ0n) is 13.7. The Morgan fingerprint density at radius 1 is 1.17 bits per heavy atom. The van der Waals surface area contributed by atoms with Crippen LogP contribution in [-0.4, -0.2) is 20.9 Å². The Kier molecular flexibility index (Phi) is 5.51. The van der Waals surface area contributed by atoms with Crippen molar-refractivity contribution < 1.29 is 13.2 Å². The average molecular weight is 367 g/mol. The van der Waals surface area contributed by atoms with Gasteiger partial charge in [-0.2, -0.15) is 0 Å². The molecule has 0 atom stereocenters. The average Bonchev–Trinajstić information content (AvgIpc) is 2.51. The largest absolute Gasteiger partial charge is 0.326 e. The van der Waals surface area contributed by atoms with E-state index in [-0.39, 0.29) is 17.3 Å². The van der Waals surface area contributed by atoms with Crippen molar-refractivity contribution in [3.63, 3.8) is 0 Å². The molecule has 24 heavy (non-hydrogen) atoms. The summed E-state index contributed by atoms with van der Waals surface area (Å²) >= 11 is 6.02. The quantitative estimate of drug-likeness (QED) is 0.874. The molecule has 128 valence electrons. The minimum atomic E-state index is -3.73. The number of hydrogen-bond donors (Lipinski definition) is 1. The third-order valence-electron chi connectivity index (χ3n) is 3.49. The Bertz CT molecular complexity index is 849. The second-order valence-electron chi connectivity index (χ2n) is 5.31. The van der Waals surface area contributed by atoms with Crippen molar-refractivity contribution in [3.05, 3.63) is 53.1 Å². The number of benzene rings is 2. The molecule has 0 radical (unpaired) electrons. The number of hydrogen-bond acceptors (Lipinski definition) is 3. The standard InChI is InChI=1S/C17H19ClN2O3S/c1-4-20(17-11-14(18)6-5-12(17)2)24(22,23)16-9-7-15(8-10-16)19-13(3)21/h5-11H,4H2,1-3H3,(H,19,21). The highest BCUT2D eigenvalue weighted by Gasteiger charge is 2.25. The molecule has 2 aromatic carbocycles. The molecule has 0 aliphatic heterocycles. The van der Waals surface area contributed by atoms with Gasteiger partial charge >= 0.3 is 0 Å². The van der Waals surface area contributed by atoms with Gasteiger partial charge in [0.1, 0.15) is 0 Å². The van der Waals surface area contributed by atoms with Crippen LogP contribution in [0.4, 0.5) is 11.4 Å². The fraction of sp³-hybridized carbons (Fsp3) is 0.235. The van der Waals surface area contributed by atoms with Gasteiger partial charge in [-0.25, -0.2) is 8.42 Å². The Hall–Kier alpha value is -2.05. The predicted octanol–water partition coefficient (Wildman–Crippen LogP) is 3.82. The number of amides is 1. The molecule has 1 N–H and O–H groups in total. The number of halogens is 1. The number of anilines is 2. The van der Waals surface area contributed by atoms with Crippen LogP contribution in [0.2, 0.25) is 5.02 Å². The molecule has 2 aromatic rings. The van der Waals surface area contributed by atoms with E-state index in [1.54, 1.807) is 37.3 Å². The van der Waals surface area contributed by atoms with Gasteiger partial charge in [0.2, 0.25) is 5.91 Å². The first kappa shape index (κ1) is 18.3. The first-order chi connectivity index (χ1) is 11.3. The number of rotatable bonds is 5. The summed E-state index contributed by atoms with van der Waals surface area (Å²) in [6, 6.07) is 11.2. The lowest BCUT2D eigenvalue weighted by Crippen LogP contribution is -2.31. The van der Waals surface area contributed by atoms with Crippen LogP contribution in [0.1, 0.15) is 19.4 Å². The maximum atomic E-state index is 13.0. The normalized spacial score (nSPS) is 11.2. The molecule has 0 aliphatic rings. The third kappa shape index (κ3) is 3.88. The highest BCUT2D eigenvalue weighted by Crippen LogP contribution is 2.29. The lowest BCUT2D eigenvalue weighted by atomic mass is 10.2. The van der Waals surface area contributed by atoms with Gasteiger partial charge in [0, 0.05) is 24.2 Å². The van der Waals surface area contributed by atoms with Crippen molar-refractivity contribution in [2.24, 2.45) is 0 Å². The molecule has 0 bridgehead atoms. The number of nitrogens with one attached hydrogen (secondary N) is 1. The van der Waals surface area contributed by atoms with E-state index in [9.17, 15) is 13.2 Å². The second kappa shape index (κ2) is 7.23. The summed E-state index contributed by atoms with van der Waals surface area (Å²) in [5, 5.41) is 3.09. The van der Waals surface area contributed by atoms with E-state index < -0.39 is 10.0 Å². The van der Waals surface area contributed by atoms with Gasteiger partial charge in [-0.05, 0) is 55.8 Å². The Morgan fingerprint density at radius 3 is 2.33 bits per heavy atom. The van der Waals surface area contributed by atoms with Crippen LogP contribution in [0.5, 0.6) is 0 Å². The summed E-state index contributed by atoms with van der Waals surface area (Å²) in [6.07, 6.45) is 0.